The van der Waals surface area contributed by atoms with E-state index in [2.05, 4.69) is 29.1 Å². The molecule has 0 aliphatic heterocycles. The van der Waals surface area contributed by atoms with E-state index in [1.165, 1.54) is 5.56 Å². The molecular formula is C16H24IN5. The number of benzene rings is 1. The van der Waals surface area contributed by atoms with Crippen molar-refractivity contribution in [3.8, 4) is 0 Å². The Morgan fingerprint density at radius 1 is 1.23 bits per heavy atom. The van der Waals surface area contributed by atoms with Crippen LogP contribution in [-0.4, -0.2) is 34.7 Å². The van der Waals surface area contributed by atoms with Gasteiger partial charge in [0.2, 0.25) is 0 Å². The van der Waals surface area contributed by atoms with Gasteiger partial charge in [-0.2, -0.15) is 5.10 Å². The number of aryl methyl sites for hydroxylation is 1. The number of nitrogens with two attached hydrogens (primary N) is 1. The molecule has 2 N–H and O–H groups in total. The average molecular weight is 413 g/mol. The van der Waals surface area contributed by atoms with Crippen LogP contribution in [0.1, 0.15) is 22.5 Å². The lowest BCUT2D eigenvalue weighted by Gasteiger charge is -2.10. The van der Waals surface area contributed by atoms with Crippen molar-refractivity contribution in [2.24, 2.45) is 10.7 Å². The van der Waals surface area contributed by atoms with Crippen LogP contribution < -0.4 is 5.73 Å². The van der Waals surface area contributed by atoms with Crippen LogP contribution in [0.5, 0.6) is 0 Å². The van der Waals surface area contributed by atoms with Crippen molar-refractivity contribution in [1.29, 1.82) is 0 Å². The summed E-state index contributed by atoms with van der Waals surface area (Å²) in [5.41, 5.74) is 10.4. The lowest BCUT2D eigenvalue weighted by Crippen LogP contribution is -2.30. The zero-order valence-electron chi connectivity index (χ0n) is 13.6. The molecule has 1 heterocycles. The van der Waals surface area contributed by atoms with Crippen LogP contribution in [-0.2, 0) is 13.1 Å². The molecule has 0 fully saturated rings. The molecule has 5 nitrogen and oxygen atoms in total. The summed E-state index contributed by atoms with van der Waals surface area (Å²) in [4.78, 5) is 6.21. The van der Waals surface area contributed by atoms with Gasteiger partial charge in [-0.1, -0.05) is 30.3 Å². The molecule has 2 rings (SSSR count). The number of halogens is 1. The Morgan fingerprint density at radius 3 is 2.45 bits per heavy atom. The molecule has 6 heteroatoms. The molecule has 1 aromatic heterocycles. The van der Waals surface area contributed by atoms with E-state index in [-0.39, 0.29) is 24.0 Å². The second-order valence-electron chi connectivity index (χ2n) is 5.36. The standard InChI is InChI=1S/C16H23N5.HI/c1-12-15(10-18-16(17)20(3)4)13(2)21(19-12)11-14-8-6-5-7-9-14;/h5-9H,10-11H2,1-4H3,(H2,17,18);1H. The first-order valence-electron chi connectivity index (χ1n) is 7.03. The SMILES string of the molecule is Cc1nn(Cc2ccccc2)c(C)c1CN=C(N)N(C)C.I. The largest absolute Gasteiger partial charge is 0.370 e. The molecule has 0 amide bonds. The maximum absolute atomic E-state index is 5.84. The molecule has 1 aromatic carbocycles. The van der Waals surface area contributed by atoms with Gasteiger partial charge in [-0.15, -0.1) is 24.0 Å². The summed E-state index contributed by atoms with van der Waals surface area (Å²) in [5, 5.41) is 4.62. The van der Waals surface area contributed by atoms with E-state index in [9.17, 15) is 0 Å². The van der Waals surface area contributed by atoms with E-state index in [0.29, 0.717) is 12.5 Å². The Labute approximate surface area is 149 Å². The van der Waals surface area contributed by atoms with Crippen LogP contribution in [0.25, 0.3) is 0 Å². The number of hydrogen-bond acceptors (Lipinski definition) is 2. The fourth-order valence-electron chi connectivity index (χ4n) is 2.17. The average Bonchev–Trinajstić information content (AvgIpc) is 2.72. The van der Waals surface area contributed by atoms with Gasteiger partial charge in [0.1, 0.15) is 0 Å². The normalized spacial score (nSPS) is 11.2. The Bertz CT molecular complexity index is 631. The molecular weight excluding hydrogens is 389 g/mol. The molecule has 120 valence electrons. The van der Waals surface area contributed by atoms with E-state index in [0.717, 1.165) is 23.5 Å². The zero-order chi connectivity index (χ0) is 15.4. The third-order valence-electron chi connectivity index (χ3n) is 3.56. The minimum absolute atomic E-state index is 0. The minimum atomic E-state index is 0. The first-order chi connectivity index (χ1) is 9.99. The van der Waals surface area contributed by atoms with Gasteiger partial charge in [0.05, 0.1) is 18.8 Å². The first kappa shape index (κ1) is 18.5. The fraction of sp³-hybridized carbons (Fsp3) is 0.375. The van der Waals surface area contributed by atoms with E-state index >= 15 is 0 Å². The molecule has 0 aliphatic carbocycles. The van der Waals surface area contributed by atoms with Gasteiger partial charge in [0.25, 0.3) is 0 Å². The summed E-state index contributed by atoms with van der Waals surface area (Å²) in [6.45, 7) is 5.45. The third kappa shape index (κ3) is 4.46. The van der Waals surface area contributed by atoms with Crippen LogP contribution >= 0.6 is 24.0 Å². The number of aromatic nitrogens is 2. The Morgan fingerprint density at radius 2 is 1.86 bits per heavy atom. The number of rotatable bonds is 4. The second-order valence-corrected chi connectivity index (χ2v) is 5.36. The highest BCUT2D eigenvalue weighted by atomic mass is 127. The number of nitrogens with zero attached hydrogens (tertiary/aromatic N) is 4. The summed E-state index contributed by atoms with van der Waals surface area (Å²) in [6, 6.07) is 10.3. The Balaban J connectivity index is 0.00000242. The van der Waals surface area contributed by atoms with Gasteiger partial charge < -0.3 is 10.6 Å². The smallest absolute Gasteiger partial charge is 0.191 e. The highest BCUT2D eigenvalue weighted by Crippen LogP contribution is 2.15. The second kappa shape index (κ2) is 8.17. The topological polar surface area (TPSA) is 59.4 Å². The molecule has 0 saturated heterocycles. The minimum Gasteiger partial charge on any atom is -0.370 e. The molecule has 0 radical (unpaired) electrons. The van der Waals surface area contributed by atoms with Crippen molar-refractivity contribution in [3.05, 3.63) is 52.8 Å². The quantitative estimate of drug-likeness (QED) is 0.476. The lowest BCUT2D eigenvalue weighted by molar-refractivity contribution is 0.609. The van der Waals surface area contributed by atoms with Crippen LogP contribution in [0.3, 0.4) is 0 Å². The first-order valence-corrected chi connectivity index (χ1v) is 7.03. The summed E-state index contributed by atoms with van der Waals surface area (Å²) >= 11 is 0. The lowest BCUT2D eigenvalue weighted by atomic mass is 10.2. The van der Waals surface area contributed by atoms with Gasteiger partial charge in [-0.05, 0) is 19.4 Å². The van der Waals surface area contributed by atoms with Crippen molar-refractivity contribution in [2.45, 2.75) is 26.9 Å². The van der Waals surface area contributed by atoms with E-state index in [1.807, 2.05) is 43.9 Å². The highest BCUT2D eigenvalue weighted by Gasteiger charge is 2.11. The summed E-state index contributed by atoms with van der Waals surface area (Å²) < 4.78 is 2.03. The predicted molar refractivity (Wildman–Crippen MR) is 102 cm³/mol. The van der Waals surface area contributed by atoms with Gasteiger partial charge in [-0.3, -0.25) is 4.68 Å². The summed E-state index contributed by atoms with van der Waals surface area (Å²) in [6.07, 6.45) is 0. The molecule has 0 spiro atoms. The van der Waals surface area contributed by atoms with Gasteiger partial charge in [0, 0.05) is 25.4 Å². The van der Waals surface area contributed by atoms with Crippen molar-refractivity contribution < 1.29 is 0 Å². The monoisotopic (exact) mass is 413 g/mol. The van der Waals surface area contributed by atoms with E-state index in [4.69, 9.17) is 5.73 Å². The van der Waals surface area contributed by atoms with Crippen LogP contribution in [0.4, 0.5) is 0 Å². The number of guanidine groups is 1. The summed E-state index contributed by atoms with van der Waals surface area (Å²) in [5.74, 6) is 0.532. The van der Waals surface area contributed by atoms with Crippen molar-refractivity contribution in [3.63, 3.8) is 0 Å². The Kier molecular flexibility index (Phi) is 6.86. The number of hydrogen-bond donors (Lipinski definition) is 1. The molecule has 0 bridgehead atoms. The predicted octanol–water partition coefficient (Wildman–Crippen LogP) is 2.54. The van der Waals surface area contributed by atoms with Crippen LogP contribution in [0.2, 0.25) is 0 Å². The van der Waals surface area contributed by atoms with Crippen molar-refractivity contribution >= 4 is 29.9 Å². The third-order valence-corrected chi connectivity index (χ3v) is 3.56. The van der Waals surface area contributed by atoms with Crippen LogP contribution in [0.15, 0.2) is 35.3 Å². The summed E-state index contributed by atoms with van der Waals surface area (Å²) in [7, 11) is 3.77. The molecule has 2 aromatic rings. The molecule has 0 atom stereocenters. The molecule has 0 saturated carbocycles. The van der Waals surface area contributed by atoms with E-state index in [1.54, 1.807) is 4.90 Å². The van der Waals surface area contributed by atoms with Gasteiger partial charge >= 0.3 is 0 Å². The maximum Gasteiger partial charge on any atom is 0.191 e. The molecule has 22 heavy (non-hydrogen) atoms. The molecule has 0 aliphatic rings. The highest BCUT2D eigenvalue weighted by molar-refractivity contribution is 14.0. The van der Waals surface area contributed by atoms with Gasteiger partial charge in [0.15, 0.2) is 5.96 Å². The fourth-order valence-corrected chi connectivity index (χ4v) is 2.17. The molecule has 0 unspecified atom stereocenters. The number of aliphatic imine (C=N–C) groups is 1. The Hall–Kier alpha value is -1.57. The zero-order valence-corrected chi connectivity index (χ0v) is 15.9. The van der Waals surface area contributed by atoms with Crippen LogP contribution in [0, 0.1) is 13.8 Å². The maximum atomic E-state index is 5.84. The van der Waals surface area contributed by atoms with E-state index < -0.39 is 0 Å². The van der Waals surface area contributed by atoms with Gasteiger partial charge in [-0.25, -0.2) is 4.99 Å². The van der Waals surface area contributed by atoms with Crippen molar-refractivity contribution in [2.75, 3.05) is 14.1 Å². The van der Waals surface area contributed by atoms with Crippen molar-refractivity contribution in [1.82, 2.24) is 14.7 Å².